The second-order valence-corrected chi connectivity index (χ2v) is 10.1. The van der Waals surface area contributed by atoms with E-state index in [2.05, 4.69) is 23.6 Å². The van der Waals surface area contributed by atoms with Gasteiger partial charge in [0.25, 0.3) is 0 Å². The minimum absolute atomic E-state index is 0.199. The van der Waals surface area contributed by atoms with Crippen molar-refractivity contribution in [2.45, 2.75) is 17.6 Å². The van der Waals surface area contributed by atoms with Crippen LogP contribution in [0.3, 0.4) is 0 Å². The molecule has 0 saturated carbocycles. The molecule has 7 nitrogen and oxygen atoms in total. The number of hydrogen-bond acceptors (Lipinski definition) is 8. The normalized spacial score (nSPS) is 21.1. The second-order valence-electron chi connectivity index (χ2n) is 6.33. The van der Waals surface area contributed by atoms with Crippen LogP contribution in [0.15, 0.2) is 47.1 Å². The van der Waals surface area contributed by atoms with E-state index < -0.39 is 27.0 Å². The summed E-state index contributed by atoms with van der Waals surface area (Å²) >= 11 is 1.72. The number of carbonyl (C=O) groups excluding carboxylic acids is 1. The van der Waals surface area contributed by atoms with E-state index >= 15 is 0 Å². The fraction of sp³-hybridized carbons (Fsp3) is 0.476. The lowest BCUT2D eigenvalue weighted by Crippen LogP contribution is -2.42. The van der Waals surface area contributed by atoms with Gasteiger partial charge < -0.3 is 27.5 Å². The highest BCUT2D eigenvalue weighted by Crippen LogP contribution is 2.35. The molecule has 0 fully saturated rings. The number of rotatable bonds is 9. The van der Waals surface area contributed by atoms with Crippen LogP contribution < -0.4 is 0 Å². The number of methoxy groups -OCH3 is 2. The molecule has 0 spiro atoms. The summed E-state index contributed by atoms with van der Waals surface area (Å²) in [5.74, 6) is 2.76. The van der Waals surface area contributed by atoms with Gasteiger partial charge in [0, 0.05) is 39.3 Å². The van der Waals surface area contributed by atoms with Gasteiger partial charge in [0.2, 0.25) is 6.29 Å². The van der Waals surface area contributed by atoms with Crippen LogP contribution in [-0.2, 0) is 32.3 Å². The lowest BCUT2D eigenvalue weighted by atomic mass is 9.83. The standard InChI is InChI=1S/C21H28O7SSi/c1-23-20(22)19-15-28-21(24-2)18(11-13-29-16-9-7-6-8-10-16)17(19)12-14-30(25-3,26-4)27-5/h6-10,15,17-18,21H,11,13H2,1-5H3/t17-,18+,21?/m0/s1. The van der Waals surface area contributed by atoms with Crippen LogP contribution in [0.4, 0.5) is 0 Å². The first kappa shape index (κ1) is 24.5. The Labute approximate surface area is 183 Å². The van der Waals surface area contributed by atoms with Gasteiger partial charge in [-0.2, -0.15) is 0 Å². The van der Waals surface area contributed by atoms with Crippen LogP contribution in [0.1, 0.15) is 6.42 Å². The van der Waals surface area contributed by atoms with E-state index in [1.54, 1.807) is 18.9 Å². The molecule has 1 aromatic rings. The molecule has 1 aromatic carbocycles. The molecule has 0 amide bonds. The molecule has 1 aliphatic rings. The van der Waals surface area contributed by atoms with Gasteiger partial charge in [-0.3, -0.25) is 0 Å². The van der Waals surface area contributed by atoms with Crippen molar-refractivity contribution in [1.82, 2.24) is 0 Å². The fourth-order valence-corrected chi connectivity index (χ4v) is 5.23. The first-order chi connectivity index (χ1) is 14.5. The summed E-state index contributed by atoms with van der Waals surface area (Å²) in [5.41, 5.74) is 3.33. The molecule has 1 heterocycles. The van der Waals surface area contributed by atoms with E-state index in [0.717, 1.165) is 5.75 Å². The van der Waals surface area contributed by atoms with E-state index in [-0.39, 0.29) is 5.92 Å². The van der Waals surface area contributed by atoms with E-state index in [4.69, 9.17) is 27.5 Å². The Morgan fingerprint density at radius 3 is 2.33 bits per heavy atom. The van der Waals surface area contributed by atoms with Crippen molar-refractivity contribution in [3.63, 3.8) is 0 Å². The first-order valence-corrected chi connectivity index (χ1v) is 12.1. The number of ether oxygens (including phenoxy) is 3. The van der Waals surface area contributed by atoms with Crippen LogP contribution >= 0.6 is 11.8 Å². The van der Waals surface area contributed by atoms with E-state index in [9.17, 15) is 4.79 Å². The lowest BCUT2D eigenvalue weighted by Gasteiger charge is -2.34. The largest absolute Gasteiger partial charge is 0.590 e. The molecular formula is C21H28O7SSi. The maximum absolute atomic E-state index is 12.4. The number of thioether (sulfide) groups is 1. The van der Waals surface area contributed by atoms with Crippen LogP contribution in [-0.4, -0.2) is 62.4 Å². The molecule has 0 radical (unpaired) electrons. The molecule has 9 heteroatoms. The highest BCUT2D eigenvalue weighted by atomic mass is 32.2. The molecule has 0 aromatic heterocycles. The Bertz CT molecular complexity index is 762. The Balaban J connectivity index is 2.30. The summed E-state index contributed by atoms with van der Waals surface area (Å²) in [6.07, 6.45) is 1.53. The third-order valence-electron chi connectivity index (χ3n) is 4.75. The van der Waals surface area contributed by atoms with Crippen molar-refractivity contribution in [2.24, 2.45) is 11.8 Å². The zero-order valence-corrected chi connectivity index (χ0v) is 19.7. The topological polar surface area (TPSA) is 72.5 Å². The Morgan fingerprint density at radius 1 is 1.10 bits per heavy atom. The maximum Gasteiger partial charge on any atom is 0.590 e. The molecule has 0 saturated heterocycles. The summed E-state index contributed by atoms with van der Waals surface area (Å²) in [6.45, 7) is 0. The van der Waals surface area contributed by atoms with Gasteiger partial charge in [0.1, 0.15) is 0 Å². The third-order valence-corrected chi connectivity index (χ3v) is 7.85. The molecule has 3 atom stereocenters. The van der Waals surface area contributed by atoms with Crippen molar-refractivity contribution < 1.29 is 32.3 Å². The van der Waals surface area contributed by atoms with Crippen LogP contribution in [0.5, 0.6) is 0 Å². The summed E-state index contributed by atoms with van der Waals surface area (Å²) in [5, 5.41) is 0. The summed E-state index contributed by atoms with van der Waals surface area (Å²) in [4.78, 5) is 13.5. The molecule has 164 valence electrons. The van der Waals surface area contributed by atoms with Gasteiger partial charge in [-0.25, -0.2) is 4.79 Å². The number of benzene rings is 1. The number of esters is 1. The van der Waals surface area contributed by atoms with Crippen molar-refractivity contribution in [2.75, 3.05) is 41.3 Å². The molecule has 1 aliphatic heterocycles. The van der Waals surface area contributed by atoms with Gasteiger partial charge in [0.15, 0.2) is 0 Å². The van der Waals surface area contributed by atoms with Gasteiger partial charge in [-0.05, 0) is 29.9 Å². The Morgan fingerprint density at radius 2 is 1.77 bits per heavy atom. The molecule has 1 unspecified atom stereocenters. The van der Waals surface area contributed by atoms with E-state index in [1.807, 2.05) is 18.2 Å². The highest BCUT2D eigenvalue weighted by molar-refractivity contribution is 7.99. The predicted octanol–water partition coefficient (Wildman–Crippen LogP) is 2.88. The Hall–Kier alpha value is -1.80. The fourth-order valence-electron chi connectivity index (χ4n) is 3.11. The van der Waals surface area contributed by atoms with Gasteiger partial charge >= 0.3 is 14.8 Å². The SMILES string of the molecule is COC(=O)C1=COC(OC)[C@H](CCSc2ccccc2)[C@@H]1C#C[Si](OC)(OC)OC. The lowest BCUT2D eigenvalue weighted by molar-refractivity contribution is -0.149. The predicted molar refractivity (Wildman–Crippen MR) is 115 cm³/mol. The zero-order chi connectivity index (χ0) is 22.0. The molecular weight excluding hydrogens is 424 g/mol. The number of hydrogen-bond donors (Lipinski definition) is 0. The van der Waals surface area contributed by atoms with Crippen LogP contribution in [0.25, 0.3) is 0 Å². The van der Waals surface area contributed by atoms with Gasteiger partial charge in [-0.1, -0.05) is 24.1 Å². The minimum Gasteiger partial charge on any atom is -0.472 e. The average molecular weight is 453 g/mol. The van der Waals surface area contributed by atoms with Crippen LogP contribution in [0.2, 0.25) is 0 Å². The van der Waals surface area contributed by atoms with Crippen molar-refractivity contribution in [3.8, 4) is 11.5 Å². The first-order valence-electron chi connectivity index (χ1n) is 9.36. The minimum atomic E-state index is -3.15. The Kier molecular flexibility index (Phi) is 9.91. The van der Waals surface area contributed by atoms with Gasteiger partial charge in [-0.15, -0.1) is 11.8 Å². The zero-order valence-electron chi connectivity index (χ0n) is 17.9. The monoisotopic (exact) mass is 452 g/mol. The second kappa shape index (κ2) is 12.1. The number of carbonyl (C=O) groups is 1. The summed E-state index contributed by atoms with van der Waals surface area (Å²) < 4.78 is 32.3. The molecule has 0 aliphatic carbocycles. The van der Waals surface area contributed by atoms with Crippen LogP contribution in [0, 0.1) is 23.3 Å². The van der Waals surface area contributed by atoms with E-state index in [0.29, 0.717) is 12.0 Å². The molecule has 2 rings (SSSR count). The third kappa shape index (κ3) is 6.10. The smallest absolute Gasteiger partial charge is 0.472 e. The molecule has 0 N–H and O–H groups in total. The summed E-state index contributed by atoms with van der Waals surface area (Å²) in [6, 6.07) is 10.1. The highest BCUT2D eigenvalue weighted by Gasteiger charge is 2.41. The average Bonchev–Trinajstić information content (AvgIpc) is 2.80. The maximum atomic E-state index is 12.4. The van der Waals surface area contributed by atoms with Gasteiger partial charge in [0.05, 0.1) is 24.9 Å². The van der Waals surface area contributed by atoms with Crippen molar-refractivity contribution in [1.29, 1.82) is 0 Å². The molecule has 30 heavy (non-hydrogen) atoms. The molecule has 0 bridgehead atoms. The van der Waals surface area contributed by atoms with Crippen molar-refractivity contribution in [3.05, 3.63) is 42.2 Å². The summed E-state index contributed by atoms with van der Waals surface area (Å²) in [7, 11) is 4.21. The van der Waals surface area contributed by atoms with Crippen molar-refractivity contribution >= 4 is 26.5 Å². The quantitative estimate of drug-likeness (QED) is 0.245. The van der Waals surface area contributed by atoms with E-state index in [1.165, 1.54) is 39.6 Å².